The second-order valence-corrected chi connectivity index (χ2v) is 5.53. The highest BCUT2D eigenvalue weighted by atomic mass is 79.9. The maximum atomic E-state index is 5.43. The summed E-state index contributed by atoms with van der Waals surface area (Å²) < 4.78 is 11.9. The van der Waals surface area contributed by atoms with Gasteiger partial charge in [0.1, 0.15) is 0 Å². The molecule has 0 aliphatic carbocycles. The average Bonchev–Trinajstić information content (AvgIpc) is 2.65. The number of ether oxygens (including phenoxy) is 2. The predicted molar refractivity (Wildman–Crippen MR) is 80.3 cm³/mol. The van der Waals surface area contributed by atoms with Crippen molar-refractivity contribution < 1.29 is 9.47 Å². The molecule has 0 spiro atoms. The molecule has 1 saturated heterocycles. The number of hydrogen-bond acceptors (Lipinski definition) is 4. The molecule has 2 aliphatic heterocycles. The predicted octanol–water partition coefficient (Wildman–Crippen LogP) is 2.39. The van der Waals surface area contributed by atoms with E-state index in [0.29, 0.717) is 6.79 Å². The zero-order chi connectivity index (χ0) is 12.4. The third-order valence-electron chi connectivity index (χ3n) is 3.37. The van der Waals surface area contributed by atoms with E-state index in [0.717, 1.165) is 48.7 Å². The van der Waals surface area contributed by atoms with Gasteiger partial charge in [-0.05, 0) is 37.2 Å². The summed E-state index contributed by atoms with van der Waals surface area (Å²) in [5, 5.41) is 3.42. The SMILES string of the molecule is Brc1cc2c(cc1CN1CCCNCC1)OCO2.Cl. The van der Waals surface area contributed by atoms with E-state index in [-0.39, 0.29) is 12.4 Å². The van der Waals surface area contributed by atoms with E-state index >= 15 is 0 Å². The lowest BCUT2D eigenvalue weighted by Crippen LogP contribution is -2.27. The van der Waals surface area contributed by atoms with Crippen LogP contribution in [0.4, 0.5) is 0 Å². The summed E-state index contributed by atoms with van der Waals surface area (Å²) in [5.74, 6) is 1.70. The van der Waals surface area contributed by atoms with E-state index in [2.05, 4.69) is 32.2 Å². The van der Waals surface area contributed by atoms with Gasteiger partial charge in [-0.15, -0.1) is 12.4 Å². The highest BCUT2D eigenvalue weighted by Crippen LogP contribution is 2.37. The highest BCUT2D eigenvalue weighted by Gasteiger charge is 2.18. The number of halogens is 2. The number of benzene rings is 1. The van der Waals surface area contributed by atoms with Crippen LogP contribution in [0.2, 0.25) is 0 Å². The Morgan fingerprint density at radius 3 is 2.79 bits per heavy atom. The molecule has 3 rings (SSSR count). The van der Waals surface area contributed by atoms with Crippen LogP contribution in [0.5, 0.6) is 11.5 Å². The fourth-order valence-electron chi connectivity index (χ4n) is 2.38. The lowest BCUT2D eigenvalue weighted by Gasteiger charge is -2.20. The van der Waals surface area contributed by atoms with E-state index in [1.807, 2.05) is 6.07 Å². The molecule has 19 heavy (non-hydrogen) atoms. The normalized spacial score (nSPS) is 18.8. The van der Waals surface area contributed by atoms with Crippen LogP contribution in [-0.4, -0.2) is 37.9 Å². The number of nitrogens with zero attached hydrogens (tertiary/aromatic N) is 1. The maximum absolute atomic E-state index is 5.43. The summed E-state index contributed by atoms with van der Waals surface area (Å²) in [4.78, 5) is 2.47. The van der Waals surface area contributed by atoms with Crippen LogP contribution in [0.15, 0.2) is 16.6 Å². The van der Waals surface area contributed by atoms with Crippen molar-refractivity contribution in [3.63, 3.8) is 0 Å². The van der Waals surface area contributed by atoms with Crippen molar-refractivity contribution in [1.82, 2.24) is 10.2 Å². The molecular formula is C13H18BrClN2O2. The molecule has 2 heterocycles. The number of nitrogens with one attached hydrogen (secondary N) is 1. The van der Waals surface area contributed by atoms with Crippen LogP contribution < -0.4 is 14.8 Å². The lowest BCUT2D eigenvalue weighted by molar-refractivity contribution is 0.174. The first kappa shape index (κ1) is 14.9. The lowest BCUT2D eigenvalue weighted by atomic mass is 10.2. The second kappa shape index (κ2) is 6.79. The maximum Gasteiger partial charge on any atom is 0.231 e. The van der Waals surface area contributed by atoms with Crippen LogP contribution in [0, 0.1) is 0 Å². The molecule has 1 aromatic rings. The first-order valence-electron chi connectivity index (χ1n) is 6.34. The molecular weight excluding hydrogens is 332 g/mol. The van der Waals surface area contributed by atoms with Gasteiger partial charge in [0.05, 0.1) is 0 Å². The topological polar surface area (TPSA) is 33.7 Å². The Bertz CT molecular complexity index is 437. The first-order chi connectivity index (χ1) is 8.83. The van der Waals surface area contributed by atoms with Gasteiger partial charge >= 0.3 is 0 Å². The third-order valence-corrected chi connectivity index (χ3v) is 4.11. The van der Waals surface area contributed by atoms with Gasteiger partial charge in [0.2, 0.25) is 6.79 Å². The molecule has 0 unspecified atom stereocenters. The van der Waals surface area contributed by atoms with Crippen LogP contribution in [-0.2, 0) is 6.54 Å². The molecule has 2 aliphatic rings. The molecule has 0 atom stereocenters. The minimum absolute atomic E-state index is 0. The zero-order valence-corrected chi connectivity index (χ0v) is 13.1. The molecule has 1 N–H and O–H groups in total. The Morgan fingerprint density at radius 2 is 1.95 bits per heavy atom. The van der Waals surface area contributed by atoms with Crippen molar-refractivity contribution in [3.8, 4) is 11.5 Å². The quantitative estimate of drug-likeness (QED) is 0.889. The number of hydrogen-bond donors (Lipinski definition) is 1. The van der Waals surface area contributed by atoms with Gasteiger partial charge in [-0.3, -0.25) is 4.90 Å². The van der Waals surface area contributed by atoms with Gasteiger partial charge in [-0.25, -0.2) is 0 Å². The zero-order valence-electron chi connectivity index (χ0n) is 10.7. The monoisotopic (exact) mass is 348 g/mol. The number of fused-ring (bicyclic) bond motifs is 1. The van der Waals surface area contributed by atoms with Crippen molar-refractivity contribution >= 4 is 28.3 Å². The van der Waals surface area contributed by atoms with E-state index in [1.165, 1.54) is 12.0 Å². The molecule has 0 saturated carbocycles. The smallest absolute Gasteiger partial charge is 0.231 e. The molecule has 1 aromatic carbocycles. The Labute approximate surface area is 128 Å². The van der Waals surface area contributed by atoms with Gasteiger partial charge in [-0.1, -0.05) is 15.9 Å². The van der Waals surface area contributed by atoms with E-state index in [1.54, 1.807) is 0 Å². The summed E-state index contributed by atoms with van der Waals surface area (Å²) >= 11 is 3.62. The van der Waals surface area contributed by atoms with E-state index < -0.39 is 0 Å². The molecule has 0 radical (unpaired) electrons. The molecule has 0 aromatic heterocycles. The Hall–Kier alpha value is -0.490. The third kappa shape index (κ3) is 3.54. The van der Waals surface area contributed by atoms with Crippen LogP contribution in [0.1, 0.15) is 12.0 Å². The van der Waals surface area contributed by atoms with Gasteiger partial charge in [-0.2, -0.15) is 0 Å². The average molecular weight is 350 g/mol. The minimum atomic E-state index is 0. The summed E-state index contributed by atoms with van der Waals surface area (Å²) in [7, 11) is 0. The summed E-state index contributed by atoms with van der Waals surface area (Å²) in [6.45, 7) is 5.73. The fourth-order valence-corrected chi connectivity index (χ4v) is 2.83. The van der Waals surface area contributed by atoms with Gasteiger partial charge in [0.25, 0.3) is 0 Å². The standard InChI is InChI=1S/C13H17BrN2O2.ClH/c14-11-7-13-12(17-9-18-13)6-10(11)8-16-4-1-2-15-3-5-16;/h6-7,15H,1-5,8-9H2;1H. The fraction of sp³-hybridized carbons (Fsp3) is 0.538. The highest BCUT2D eigenvalue weighted by molar-refractivity contribution is 9.10. The van der Waals surface area contributed by atoms with Crippen molar-refractivity contribution in [1.29, 1.82) is 0 Å². The molecule has 0 bridgehead atoms. The largest absolute Gasteiger partial charge is 0.454 e. The van der Waals surface area contributed by atoms with Gasteiger partial charge < -0.3 is 14.8 Å². The number of rotatable bonds is 2. The first-order valence-corrected chi connectivity index (χ1v) is 7.13. The Balaban J connectivity index is 0.00000133. The summed E-state index contributed by atoms with van der Waals surface area (Å²) in [5.41, 5.74) is 1.26. The van der Waals surface area contributed by atoms with Crippen molar-refractivity contribution in [2.45, 2.75) is 13.0 Å². The van der Waals surface area contributed by atoms with Crippen LogP contribution >= 0.6 is 28.3 Å². The van der Waals surface area contributed by atoms with Crippen molar-refractivity contribution in [2.24, 2.45) is 0 Å². The van der Waals surface area contributed by atoms with Crippen molar-refractivity contribution in [3.05, 3.63) is 22.2 Å². The molecule has 4 nitrogen and oxygen atoms in total. The van der Waals surface area contributed by atoms with E-state index in [4.69, 9.17) is 9.47 Å². The second-order valence-electron chi connectivity index (χ2n) is 4.68. The van der Waals surface area contributed by atoms with Crippen LogP contribution in [0.3, 0.4) is 0 Å². The van der Waals surface area contributed by atoms with Crippen LogP contribution in [0.25, 0.3) is 0 Å². The van der Waals surface area contributed by atoms with E-state index in [9.17, 15) is 0 Å². The molecule has 0 amide bonds. The molecule has 106 valence electrons. The Morgan fingerprint density at radius 1 is 1.16 bits per heavy atom. The summed E-state index contributed by atoms with van der Waals surface area (Å²) in [6, 6.07) is 4.10. The summed E-state index contributed by atoms with van der Waals surface area (Å²) in [6.07, 6.45) is 1.21. The Kier molecular flexibility index (Phi) is 5.33. The van der Waals surface area contributed by atoms with Gasteiger partial charge in [0.15, 0.2) is 11.5 Å². The minimum Gasteiger partial charge on any atom is -0.454 e. The van der Waals surface area contributed by atoms with Crippen molar-refractivity contribution in [2.75, 3.05) is 33.0 Å². The molecule has 1 fully saturated rings. The van der Waals surface area contributed by atoms with Gasteiger partial charge in [0, 0.05) is 24.1 Å². The molecule has 6 heteroatoms.